The van der Waals surface area contributed by atoms with Crippen molar-refractivity contribution in [3.8, 4) is 0 Å². The highest BCUT2D eigenvalue weighted by Crippen LogP contribution is 2.52. The number of nitrogens with zero attached hydrogens (tertiary/aromatic N) is 1. The number of amides is 1. The zero-order valence-corrected chi connectivity index (χ0v) is 29.4. The van der Waals surface area contributed by atoms with Crippen LogP contribution in [0.2, 0.25) is 10.0 Å². The highest BCUT2D eigenvalue weighted by molar-refractivity contribution is 7.92. The van der Waals surface area contributed by atoms with E-state index in [1.165, 1.54) is 39.3 Å². The van der Waals surface area contributed by atoms with Gasteiger partial charge in [0.15, 0.2) is 9.84 Å². The van der Waals surface area contributed by atoms with Crippen molar-refractivity contribution in [2.45, 2.75) is 70.7 Å². The van der Waals surface area contributed by atoms with Gasteiger partial charge in [-0.05, 0) is 61.6 Å². The molecule has 4 aliphatic heterocycles. The summed E-state index contributed by atoms with van der Waals surface area (Å²) >= 11 is 12.5. The van der Waals surface area contributed by atoms with Crippen LogP contribution in [0.1, 0.15) is 70.5 Å². The van der Waals surface area contributed by atoms with E-state index in [0.29, 0.717) is 10.0 Å². The number of sulfone groups is 1. The molecule has 248 valence electrons. The maximum atomic E-state index is 14.3. The molecule has 4 atom stereocenters. The predicted molar refractivity (Wildman–Crippen MR) is 176 cm³/mol. The van der Waals surface area contributed by atoms with Crippen LogP contribution in [-0.2, 0) is 19.4 Å². The van der Waals surface area contributed by atoms with Crippen LogP contribution in [0, 0.1) is 11.3 Å². The second-order valence-corrected chi connectivity index (χ2v) is 17.3. The number of nitrogens with one attached hydrogen (secondary N) is 2. The lowest BCUT2D eigenvalue weighted by atomic mass is 9.66. The first kappa shape index (κ1) is 35.7. The molecule has 8 nitrogen and oxygen atoms in total. The fourth-order valence-electron chi connectivity index (χ4n) is 7.06. The van der Waals surface area contributed by atoms with Gasteiger partial charge in [-0.2, -0.15) is 0 Å². The first-order valence-corrected chi connectivity index (χ1v) is 18.5. The van der Waals surface area contributed by atoms with E-state index in [2.05, 4.69) is 0 Å². The number of hydrogen-bond donors (Lipinski definition) is 2. The van der Waals surface area contributed by atoms with E-state index in [-0.39, 0.29) is 24.0 Å². The van der Waals surface area contributed by atoms with Crippen molar-refractivity contribution in [3.05, 3.63) is 69.7 Å². The molecule has 1 amide bonds. The Bertz CT molecular complexity index is 1420. The van der Waals surface area contributed by atoms with Crippen molar-refractivity contribution < 1.29 is 32.9 Å². The Morgan fingerprint density at radius 2 is 1.49 bits per heavy atom. The number of carbonyl (C=O) groups excluding carboxylic acids is 2. The van der Waals surface area contributed by atoms with Gasteiger partial charge in [0, 0.05) is 34.4 Å². The van der Waals surface area contributed by atoms with Gasteiger partial charge in [-0.1, -0.05) is 68.2 Å². The molecule has 4 heterocycles. The van der Waals surface area contributed by atoms with Crippen LogP contribution in [0.5, 0.6) is 0 Å². The average Bonchev–Trinajstić information content (AvgIpc) is 2.98. The van der Waals surface area contributed by atoms with Crippen LogP contribution in [0.15, 0.2) is 48.5 Å². The first-order chi connectivity index (χ1) is 21.1. The lowest BCUT2D eigenvalue weighted by molar-refractivity contribution is -1.06. The van der Waals surface area contributed by atoms with Crippen molar-refractivity contribution in [3.63, 3.8) is 0 Å². The normalized spacial score (nSPS) is 27.3. The molecule has 4 saturated heterocycles. The second-order valence-electron chi connectivity index (χ2n) is 13.9. The number of carbonyl (C=O) groups is 2. The number of piperidine rings is 1. The number of hydrogen-bond acceptors (Lipinski definition) is 5. The molecule has 4 aliphatic rings. The molecule has 6 rings (SSSR count). The molecule has 2 aromatic rings. The largest absolute Gasteiger partial charge is 0.550 e. The summed E-state index contributed by atoms with van der Waals surface area (Å²) in [4.78, 5) is 31.4. The number of fused-ring (bicyclic) bond motifs is 3. The minimum atomic E-state index is -3.54. The summed E-state index contributed by atoms with van der Waals surface area (Å²) < 4.78 is 26.3. The molecule has 2 aromatic carbocycles. The zero-order valence-electron chi connectivity index (χ0n) is 27.0. The Morgan fingerprint density at radius 1 is 0.933 bits per heavy atom. The summed E-state index contributed by atoms with van der Waals surface area (Å²) in [5.74, 6) is -2.54. The number of carboxylic acid groups (broad SMARTS) is 1. The van der Waals surface area contributed by atoms with E-state index in [0.717, 1.165) is 11.1 Å². The van der Waals surface area contributed by atoms with Gasteiger partial charge in [-0.15, -0.1) is 0 Å². The third-order valence-electron chi connectivity index (χ3n) is 9.87. The van der Waals surface area contributed by atoms with Crippen LogP contribution in [0.25, 0.3) is 0 Å². The van der Waals surface area contributed by atoms with Gasteiger partial charge >= 0.3 is 0 Å². The van der Waals surface area contributed by atoms with E-state index in [1.807, 2.05) is 54.0 Å². The van der Waals surface area contributed by atoms with Crippen molar-refractivity contribution in [2.24, 2.45) is 11.3 Å². The number of rotatable bonds is 9. The number of benzene rings is 2. The molecular weight excluding hydrogens is 633 g/mol. The zero-order chi connectivity index (χ0) is 33.1. The van der Waals surface area contributed by atoms with Crippen molar-refractivity contribution in [1.29, 1.82) is 0 Å². The topological polar surface area (TPSA) is 103 Å². The van der Waals surface area contributed by atoms with Gasteiger partial charge in [0.25, 0.3) is 0 Å². The van der Waals surface area contributed by atoms with E-state index in [9.17, 15) is 23.1 Å². The predicted octanol–water partition coefficient (Wildman–Crippen LogP) is 1.83. The second kappa shape index (κ2) is 14.7. The van der Waals surface area contributed by atoms with E-state index >= 15 is 0 Å². The van der Waals surface area contributed by atoms with Gasteiger partial charge < -0.3 is 24.6 Å². The summed E-state index contributed by atoms with van der Waals surface area (Å²) in [5, 5.41) is 12.2. The van der Waals surface area contributed by atoms with Gasteiger partial charge in [0.2, 0.25) is 5.91 Å². The first-order valence-electron chi connectivity index (χ1n) is 16.0. The highest BCUT2D eigenvalue weighted by Gasteiger charge is 2.52. The van der Waals surface area contributed by atoms with Gasteiger partial charge in [-0.25, -0.2) is 8.42 Å². The summed E-state index contributed by atoms with van der Waals surface area (Å²) in [6.07, 6.45) is -0.250. The lowest BCUT2D eigenvalue weighted by Gasteiger charge is -2.53. The van der Waals surface area contributed by atoms with Crippen LogP contribution < -0.4 is 14.9 Å². The van der Waals surface area contributed by atoms with E-state index in [1.54, 1.807) is 43.9 Å². The Kier molecular flexibility index (Phi) is 11.7. The molecule has 45 heavy (non-hydrogen) atoms. The summed E-state index contributed by atoms with van der Waals surface area (Å²) in [6, 6.07) is 13.2. The maximum absolute atomic E-state index is 14.3. The smallest absolute Gasteiger partial charge is 0.229 e. The van der Waals surface area contributed by atoms with Crippen LogP contribution >= 0.6 is 23.2 Å². The van der Waals surface area contributed by atoms with Gasteiger partial charge in [0.1, 0.15) is 39.3 Å². The number of quaternary nitrogens is 2. The number of likely N-dealkylation sites (tertiary alicyclic amines) is 1. The van der Waals surface area contributed by atoms with Crippen molar-refractivity contribution in [1.82, 2.24) is 4.90 Å². The minimum absolute atomic E-state index is 0.224. The number of aliphatic carboxylic acids is 1. The molecule has 2 N–H and O–H groups in total. The fourth-order valence-corrected chi connectivity index (χ4v) is 8.80. The minimum Gasteiger partial charge on any atom is -0.550 e. The molecular formula is C34H48Cl2N3O5S+. The third-order valence-corrected chi connectivity index (χ3v) is 12.6. The molecule has 0 aromatic heterocycles. The fraction of sp³-hybridized carbons (Fsp3) is 0.588. The molecule has 0 spiro atoms. The van der Waals surface area contributed by atoms with Crippen LogP contribution in [-0.4, -0.2) is 81.5 Å². The van der Waals surface area contributed by atoms with E-state index in [4.69, 9.17) is 23.2 Å². The average molecular weight is 682 g/mol. The van der Waals surface area contributed by atoms with Crippen LogP contribution in [0.4, 0.5) is 0 Å². The molecule has 2 bridgehead atoms. The summed E-state index contributed by atoms with van der Waals surface area (Å²) in [5.41, 5.74) is 0.318. The molecule has 4 fully saturated rings. The van der Waals surface area contributed by atoms with Gasteiger partial charge in [-0.3, -0.25) is 4.79 Å². The number of carboxylic acids is 1. The Morgan fingerprint density at radius 3 is 1.93 bits per heavy atom. The molecule has 0 radical (unpaired) electrons. The maximum Gasteiger partial charge on any atom is 0.229 e. The Labute approximate surface area is 278 Å². The van der Waals surface area contributed by atoms with Crippen LogP contribution in [0.3, 0.4) is 0 Å². The number of piperazine rings is 3. The number of halogens is 2. The molecule has 0 saturated carbocycles. The quantitative estimate of drug-likeness (QED) is 0.421. The molecule has 0 aliphatic carbocycles. The van der Waals surface area contributed by atoms with E-state index < -0.39 is 50.9 Å². The van der Waals surface area contributed by atoms with Gasteiger partial charge in [0.05, 0.1) is 22.5 Å². The van der Waals surface area contributed by atoms with Crippen molar-refractivity contribution >= 4 is 44.9 Å². The summed E-state index contributed by atoms with van der Waals surface area (Å²) in [6.45, 7) is 17.3. The van der Waals surface area contributed by atoms with Crippen molar-refractivity contribution in [2.75, 3.05) is 45.0 Å². The highest BCUT2D eigenvalue weighted by atomic mass is 35.5. The monoisotopic (exact) mass is 680 g/mol. The lowest BCUT2D eigenvalue weighted by Crippen LogP contribution is -3.35. The molecule has 11 heteroatoms. The SMILES string of the molecule is C1C[NH+]2CC[NH+]1CC2.CC(C)[C@@H](CS(=O)(=O)C(C)C)N1C(=O)[C@@](C)(CC(=O)[O-])C[C@H](c2cccc(Cl)c2)[C@H]1c1ccc(Cl)cc1. The Hall–Kier alpha value is -2.17. The summed E-state index contributed by atoms with van der Waals surface area (Å²) in [7, 11) is -3.54. The standard InChI is InChI=1S/C28H35Cl2NO5S.C6H12N2/c1-17(2)24(16-37(35,36)18(3)4)31-26(19-9-11-21(29)12-10-19)23(20-7-6-8-22(30)13-20)14-28(5,27(31)34)15-25(32)33;1-2-8-5-3-7(1)4-6-8/h6-13,17-18,23-24,26H,14-16H2,1-5H3,(H,32,33);1-6H2/p+1/t23-,24-,26-,28-;/m1./s1. The molecule has 0 unspecified atom stereocenters. The Balaban J connectivity index is 0.000000491. The third kappa shape index (κ3) is 8.60.